The van der Waals surface area contributed by atoms with Crippen LogP contribution in [0, 0.1) is 18.3 Å². The van der Waals surface area contributed by atoms with E-state index in [-0.39, 0.29) is 17.1 Å². The third kappa shape index (κ3) is 3.58. The van der Waals surface area contributed by atoms with E-state index in [2.05, 4.69) is 10.2 Å². The second-order valence-electron chi connectivity index (χ2n) is 7.24. The van der Waals surface area contributed by atoms with Gasteiger partial charge in [-0.3, -0.25) is 9.36 Å². The molecule has 0 saturated carbocycles. The van der Waals surface area contributed by atoms with Crippen LogP contribution in [0.3, 0.4) is 0 Å². The fraction of sp³-hybridized carbons (Fsp3) is 0.120. The van der Waals surface area contributed by atoms with Crippen molar-refractivity contribution in [2.75, 3.05) is 0 Å². The first kappa shape index (κ1) is 20.0. The number of nitriles is 1. The lowest BCUT2D eigenvalue weighted by Crippen LogP contribution is -2.25. The Bertz CT molecular complexity index is 1390. The Balaban J connectivity index is 1.89. The first-order valence-electron chi connectivity index (χ1n) is 9.85. The van der Waals surface area contributed by atoms with Gasteiger partial charge in [0.2, 0.25) is 5.88 Å². The van der Waals surface area contributed by atoms with E-state index in [1.165, 1.54) is 4.57 Å². The molecular weight excluding hydrogens is 388 g/mol. The maximum Gasteiger partial charge on any atom is 0.282 e. The average Bonchev–Trinajstić information content (AvgIpc) is 2.80. The molecule has 0 aliphatic rings. The molecule has 1 heterocycles. The molecule has 31 heavy (non-hydrogen) atoms. The van der Waals surface area contributed by atoms with E-state index in [9.17, 15) is 15.2 Å². The molecule has 0 spiro atoms. The Kier molecular flexibility index (Phi) is 5.33. The lowest BCUT2D eigenvalue weighted by atomic mass is 10.1. The van der Waals surface area contributed by atoms with Crippen LogP contribution in [0.25, 0.3) is 10.8 Å². The van der Waals surface area contributed by atoms with Crippen LogP contribution in [0.4, 0.5) is 11.4 Å². The Labute approximate surface area is 179 Å². The summed E-state index contributed by atoms with van der Waals surface area (Å²) in [5.74, 6) is -0.370. The van der Waals surface area contributed by atoms with Crippen molar-refractivity contribution in [1.29, 1.82) is 5.26 Å². The summed E-state index contributed by atoms with van der Waals surface area (Å²) in [4.78, 5) is 13.3. The summed E-state index contributed by atoms with van der Waals surface area (Å²) >= 11 is 0. The Morgan fingerprint density at radius 3 is 2.39 bits per heavy atom. The van der Waals surface area contributed by atoms with Gasteiger partial charge in [-0.1, -0.05) is 66.7 Å². The van der Waals surface area contributed by atoms with Crippen molar-refractivity contribution in [3.8, 4) is 11.9 Å². The van der Waals surface area contributed by atoms with Crippen LogP contribution < -0.4 is 5.56 Å². The SMILES string of the molecule is Cc1c(C#N)c(O)n(C(C)c2ccccc2)c(=O)c1N=Nc1cccc2ccccc12. The predicted octanol–water partition coefficient (Wildman–Crippen LogP) is 5.91. The van der Waals surface area contributed by atoms with Crippen molar-refractivity contribution < 1.29 is 5.11 Å². The minimum Gasteiger partial charge on any atom is -0.493 e. The van der Waals surface area contributed by atoms with Gasteiger partial charge >= 0.3 is 0 Å². The molecule has 6 nitrogen and oxygen atoms in total. The molecule has 6 heteroatoms. The number of fused-ring (bicyclic) bond motifs is 1. The molecule has 0 bridgehead atoms. The van der Waals surface area contributed by atoms with E-state index >= 15 is 0 Å². The molecule has 0 aliphatic carbocycles. The molecule has 1 unspecified atom stereocenters. The number of aromatic hydroxyl groups is 1. The first-order valence-corrected chi connectivity index (χ1v) is 9.85. The van der Waals surface area contributed by atoms with Crippen molar-refractivity contribution in [2.24, 2.45) is 10.2 Å². The third-order valence-electron chi connectivity index (χ3n) is 5.41. The number of rotatable bonds is 4. The standard InChI is InChI=1S/C25H20N4O2/c1-16-21(15-26)24(30)29(17(2)18-9-4-3-5-10-18)25(31)23(16)28-27-22-14-8-12-19-11-6-7-13-20(19)22/h3-14,17,30H,1-2H3. The van der Waals surface area contributed by atoms with Crippen LogP contribution in [0.2, 0.25) is 0 Å². The molecule has 152 valence electrons. The number of hydrogen-bond donors (Lipinski definition) is 1. The topological polar surface area (TPSA) is 90.7 Å². The van der Waals surface area contributed by atoms with E-state index in [1.807, 2.05) is 78.9 Å². The van der Waals surface area contributed by atoms with Gasteiger partial charge in [-0.15, -0.1) is 10.2 Å². The van der Waals surface area contributed by atoms with Crippen molar-refractivity contribution in [3.63, 3.8) is 0 Å². The minimum atomic E-state index is -0.505. The molecule has 0 radical (unpaired) electrons. The summed E-state index contributed by atoms with van der Waals surface area (Å²) in [5, 5.41) is 30.8. The van der Waals surface area contributed by atoms with Gasteiger partial charge in [0, 0.05) is 10.9 Å². The van der Waals surface area contributed by atoms with Gasteiger partial charge in [-0.2, -0.15) is 5.26 Å². The highest BCUT2D eigenvalue weighted by atomic mass is 16.3. The second-order valence-corrected chi connectivity index (χ2v) is 7.24. The first-order chi connectivity index (χ1) is 15.0. The van der Waals surface area contributed by atoms with E-state index in [4.69, 9.17) is 0 Å². The Morgan fingerprint density at radius 1 is 0.968 bits per heavy atom. The maximum atomic E-state index is 13.3. The summed E-state index contributed by atoms with van der Waals surface area (Å²) < 4.78 is 1.19. The summed E-state index contributed by atoms with van der Waals surface area (Å²) in [6.45, 7) is 3.38. The van der Waals surface area contributed by atoms with Gasteiger partial charge in [0.05, 0.1) is 11.7 Å². The lowest BCUT2D eigenvalue weighted by molar-refractivity contribution is 0.393. The normalized spacial score (nSPS) is 12.2. The highest BCUT2D eigenvalue weighted by molar-refractivity contribution is 5.92. The average molecular weight is 408 g/mol. The van der Waals surface area contributed by atoms with Crippen LogP contribution in [-0.2, 0) is 0 Å². The fourth-order valence-electron chi connectivity index (χ4n) is 3.67. The number of benzene rings is 3. The van der Waals surface area contributed by atoms with Crippen molar-refractivity contribution in [3.05, 3.63) is 99.8 Å². The molecule has 0 fully saturated rings. The van der Waals surface area contributed by atoms with E-state index in [1.54, 1.807) is 13.8 Å². The number of pyridine rings is 1. The lowest BCUT2D eigenvalue weighted by Gasteiger charge is -2.19. The van der Waals surface area contributed by atoms with Gasteiger partial charge in [0.15, 0.2) is 5.69 Å². The Hall–Kier alpha value is -4.24. The van der Waals surface area contributed by atoms with Gasteiger partial charge in [0.25, 0.3) is 5.56 Å². The second kappa shape index (κ2) is 8.25. The molecule has 1 aromatic heterocycles. The zero-order valence-electron chi connectivity index (χ0n) is 17.1. The van der Waals surface area contributed by atoms with Crippen molar-refractivity contribution >= 4 is 22.1 Å². The highest BCUT2D eigenvalue weighted by Crippen LogP contribution is 2.32. The zero-order valence-corrected chi connectivity index (χ0v) is 17.1. The third-order valence-corrected chi connectivity index (χ3v) is 5.41. The molecule has 0 amide bonds. The van der Waals surface area contributed by atoms with E-state index < -0.39 is 11.6 Å². The minimum absolute atomic E-state index is 0.00857. The number of nitrogens with zero attached hydrogens (tertiary/aromatic N) is 4. The predicted molar refractivity (Wildman–Crippen MR) is 120 cm³/mol. The van der Waals surface area contributed by atoms with Crippen molar-refractivity contribution in [1.82, 2.24) is 4.57 Å². The maximum absolute atomic E-state index is 13.3. The van der Waals surface area contributed by atoms with Crippen molar-refractivity contribution in [2.45, 2.75) is 19.9 Å². The quantitative estimate of drug-likeness (QED) is 0.425. The summed E-state index contributed by atoms with van der Waals surface area (Å²) in [7, 11) is 0. The van der Waals surface area contributed by atoms with Gasteiger partial charge in [-0.05, 0) is 30.9 Å². The van der Waals surface area contributed by atoms with Gasteiger partial charge in [0.1, 0.15) is 11.6 Å². The Morgan fingerprint density at radius 2 is 1.65 bits per heavy atom. The molecule has 1 N–H and O–H groups in total. The van der Waals surface area contributed by atoms with Crippen LogP contribution in [0.15, 0.2) is 87.8 Å². The number of hydrogen-bond acceptors (Lipinski definition) is 5. The van der Waals surface area contributed by atoms with Crippen LogP contribution >= 0.6 is 0 Å². The molecule has 0 saturated heterocycles. The molecule has 4 aromatic rings. The molecule has 3 aromatic carbocycles. The largest absolute Gasteiger partial charge is 0.493 e. The number of aromatic nitrogens is 1. The smallest absolute Gasteiger partial charge is 0.282 e. The van der Waals surface area contributed by atoms with E-state index in [0.29, 0.717) is 11.3 Å². The summed E-state index contributed by atoms with van der Waals surface area (Å²) in [5.41, 5.74) is 1.27. The molecule has 1 atom stereocenters. The van der Waals surface area contributed by atoms with Gasteiger partial charge in [-0.25, -0.2) is 0 Å². The fourth-order valence-corrected chi connectivity index (χ4v) is 3.67. The molecular formula is C25H20N4O2. The van der Waals surface area contributed by atoms with Crippen LogP contribution in [0.1, 0.15) is 29.7 Å². The zero-order chi connectivity index (χ0) is 22.0. The summed E-state index contributed by atoms with van der Waals surface area (Å²) in [6.07, 6.45) is 0. The molecule has 4 rings (SSSR count). The van der Waals surface area contributed by atoms with Gasteiger partial charge < -0.3 is 5.11 Å². The summed E-state index contributed by atoms with van der Waals surface area (Å²) in [6, 6.07) is 24.2. The van der Waals surface area contributed by atoms with E-state index in [0.717, 1.165) is 16.3 Å². The molecule has 0 aliphatic heterocycles. The van der Waals surface area contributed by atoms with Crippen LogP contribution in [-0.4, -0.2) is 9.67 Å². The van der Waals surface area contributed by atoms with Crippen LogP contribution in [0.5, 0.6) is 5.88 Å². The number of azo groups is 1. The monoisotopic (exact) mass is 408 g/mol. The highest BCUT2D eigenvalue weighted by Gasteiger charge is 2.23.